The summed E-state index contributed by atoms with van der Waals surface area (Å²) in [6, 6.07) is 6.23. The van der Waals surface area contributed by atoms with Crippen molar-refractivity contribution in [3.63, 3.8) is 0 Å². The van der Waals surface area contributed by atoms with Crippen molar-refractivity contribution in [2.24, 2.45) is 5.10 Å². The van der Waals surface area contributed by atoms with E-state index in [1.807, 2.05) is 13.0 Å². The van der Waals surface area contributed by atoms with Crippen molar-refractivity contribution < 1.29 is 0 Å². The minimum absolute atomic E-state index is 0.837. The molecule has 0 aliphatic rings. The van der Waals surface area contributed by atoms with Crippen LogP contribution in [0.15, 0.2) is 23.3 Å². The average Bonchev–Trinajstić information content (AvgIpc) is 2.56. The number of nitrogens with one attached hydrogen (secondary N) is 1. The van der Waals surface area contributed by atoms with Crippen LogP contribution >= 0.6 is 11.3 Å². The molecule has 0 unspecified atom stereocenters. The van der Waals surface area contributed by atoms with Crippen LogP contribution in [0, 0.1) is 6.92 Å². The predicted octanol–water partition coefficient (Wildman–Crippen LogP) is 3.02. The van der Waals surface area contributed by atoms with Gasteiger partial charge in [0.25, 0.3) is 0 Å². The van der Waals surface area contributed by atoms with Gasteiger partial charge in [-0.05, 0) is 31.5 Å². The Balaban J connectivity index is 2.41. The topological polar surface area (TPSA) is 37.3 Å². The van der Waals surface area contributed by atoms with Gasteiger partial charge in [-0.15, -0.1) is 0 Å². The summed E-state index contributed by atoms with van der Waals surface area (Å²) < 4.78 is 1.19. The lowest BCUT2D eigenvalue weighted by atomic mass is 10.2. The summed E-state index contributed by atoms with van der Waals surface area (Å²) in [5.74, 6) is 0. The van der Waals surface area contributed by atoms with Crippen LogP contribution < -0.4 is 5.43 Å². The summed E-state index contributed by atoms with van der Waals surface area (Å²) >= 11 is 1.62. The van der Waals surface area contributed by atoms with Gasteiger partial charge in [0.05, 0.1) is 10.2 Å². The van der Waals surface area contributed by atoms with Gasteiger partial charge in [-0.2, -0.15) is 5.10 Å². The van der Waals surface area contributed by atoms with Crippen LogP contribution in [-0.2, 0) is 0 Å². The van der Waals surface area contributed by atoms with Crippen LogP contribution in [0.4, 0.5) is 5.13 Å². The Hall–Kier alpha value is -1.42. The monoisotopic (exact) mass is 205 g/mol. The first-order valence-corrected chi connectivity index (χ1v) is 5.22. The van der Waals surface area contributed by atoms with Crippen molar-refractivity contribution in [1.82, 2.24) is 4.98 Å². The van der Waals surface area contributed by atoms with E-state index in [2.05, 4.69) is 34.6 Å². The summed E-state index contributed by atoms with van der Waals surface area (Å²) in [7, 11) is 0. The quantitative estimate of drug-likeness (QED) is 0.604. The Kier molecular flexibility index (Phi) is 2.45. The number of aryl methyl sites for hydroxylation is 1. The number of hydrogen-bond acceptors (Lipinski definition) is 4. The molecule has 1 aromatic carbocycles. The molecule has 0 saturated carbocycles. The molecule has 0 bridgehead atoms. The van der Waals surface area contributed by atoms with Crippen LogP contribution in [0.25, 0.3) is 10.2 Å². The van der Waals surface area contributed by atoms with Gasteiger partial charge in [0, 0.05) is 6.21 Å². The van der Waals surface area contributed by atoms with E-state index in [1.165, 1.54) is 10.3 Å². The molecule has 0 aliphatic carbocycles. The van der Waals surface area contributed by atoms with E-state index in [0.29, 0.717) is 0 Å². The molecule has 2 rings (SSSR count). The molecule has 2 aromatic rings. The number of fused-ring (bicyclic) bond motifs is 1. The number of hydrazone groups is 1. The van der Waals surface area contributed by atoms with Crippen molar-refractivity contribution in [1.29, 1.82) is 0 Å². The molecule has 14 heavy (non-hydrogen) atoms. The van der Waals surface area contributed by atoms with Gasteiger partial charge in [-0.3, -0.25) is 5.43 Å². The van der Waals surface area contributed by atoms with E-state index in [-0.39, 0.29) is 0 Å². The molecule has 72 valence electrons. The SMILES string of the molecule is CC=NNc1nc2ccc(C)cc2s1. The van der Waals surface area contributed by atoms with Crippen molar-refractivity contribution in [3.05, 3.63) is 23.8 Å². The molecule has 0 saturated heterocycles. The van der Waals surface area contributed by atoms with Crippen molar-refractivity contribution >= 4 is 32.9 Å². The number of thiazole rings is 1. The van der Waals surface area contributed by atoms with Gasteiger partial charge in [-0.1, -0.05) is 17.4 Å². The van der Waals surface area contributed by atoms with Gasteiger partial charge >= 0.3 is 0 Å². The third kappa shape index (κ3) is 1.75. The lowest BCUT2D eigenvalue weighted by molar-refractivity contribution is 1.31. The molecule has 1 N–H and O–H groups in total. The van der Waals surface area contributed by atoms with Crippen molar-refractivity contribution in [2.75, 3.05) is 5.43 Å². The first kappa shape index (κ1) is 9.15. The molecule has 1 aromatic heterocycles. The minimum atomic E-state index is 0.837. The van der Waals surface area contributed by atoms with Crippen LogP contribution in [-0.4, -0.2) is 11.2 Å². The summed E-state index contributed by atoms with van der Waals surface area (Å²) in [5.41, 5.74) is 5.16. The molecule has 0 amide bonds. The lowest BCUT2D eigenvalue weighted by Crippen LogP contribution is -1.85. The zero-order chi connectivity index (χ0) is 9.97. The molecule has 0 aliphatic heterocycles. The standard InChI is InChI=1S/C10H11N3S/c1-3-11-13-10-12-8-5-4-7(2)6-9(8)14-10/h3-6H,1-2H3,(H,12,13). The Bertz CT molecular complexity index is 473. The summed E-state index contributed by atoms with van der Waals surface area (Å²) in [6.45, 7) is 3.95. The van der Waals surface area contributed by atoms with Crippen molar-refractivity contribution in [3.8, 4) is 0 Å². The fraction of sp³-hybridized carbons (Fsp3) is 0.200. The van der Waals surface area contributed by atoms with Crippen LogP contribution in [0.1, 0.15) is 12.5 Å². The molecule has 0 spiro atoms. The lowest BCUT2D eigenvalue weighted by Gasteiger charge is -1.88. The van der Waals surface area contributed by atoms with E-state index < -0.39 is 0 Å². The third-order valence-electron chi connectivity index (χ3n) is 1.83. The van der Waals surface area contributed by atoms with E-state index in [4.69, 9.17) is 0 Å². The molecule has 0 fully saturated rings. The minimum Gasteiger partial charge on any atom is -0.253 e. The summed E-state index contributed by atoms with van der Waals surface area (Å²) in [6.07, 6.45) is 1.71. The number of rotatable bonds is 2. The van der Waals surface area contributed by atoms with Crippen LogP contribution in [0.2, 0.25) is 0 Å². The largest absolute Gasteiger partial charge is 0.253 e. The van der Waals surface area contributed by atoms with Gasteiger partial charge in [0.2, 0.25) is 5.13 Å². The highest BCUT2D eigenvalue weighted by Crippen LogP contribution is 2.26. The van der Waals surface area contributed by atoms with E-state index in [0.717, 1.165) is 10.6 Å². The first-order valence-electron chi connectivity index (χ1n) is 4.40. The highest BCUT2D eigenvalue weighted by atomic mass is 32.1. The smallest absolute Gasteiger partial charge is 0.204 e. The molecular formula is C10H11N3S. The normalized spacial score (nSPS) is 11.3. The summed E-state index contributed by atoms with van der Waals surface area (Å²) in [5, 5.41) is 4.77. The number of benzene rings is 1. The first-order chi connectivity index (χ1) is 6.79. The molecule has 0 radical (unpaired) electrons. The fourth-order valence-electron chi connectivity index (χ4n) is 1.20. The highest BCUT2D eigenvalue weighted by Gasteiger charge is 2.01. The summed E-state index contributed by atoms with van der Waals surface area (Å²) in [4.78, 5) is 4.38. The molecule has 3 nitrogen and oxygen atoms in total. The number of nitrogens with zero attached hydrogens (tertiary/aromatic N) is 2. The van der Waals surface area contributed by atoms with E-state index in [9.17, 15) is 0 Å². The Morgan fingerprint density at radius 3 is 3.14 bits per heavy atom. The van der Waals surface area contributed by atoms with Crippen LogP contribution in [0.5, 0.6) is 0 Å². The van der Waals surface area contributed by atoms with Gasteiger partial charge in [0.15, 0.2) is 0 Å². The van der Waals surface area contributed by atoms with Gasteiger partial charge in [-0.25, -0.2) is 4.98 Å². The Morgan fingerprint density at radius 2 is 2.36 bits per heavy atom. The highest BCUT2D eigenvalue weighted by molar-refractivity contribution is 7.22. The molecular weight excluding hydrogens is 194 g/mol. The van der Waals surface area contributed by atoms with Gasteiger partial charge < -0.3 is 0 Å². The van der Waals surface area contributed by atoms with Crippen LogP contribution in [0.3, 0.4) is 0 Å². The number of aromatic nitrogens is 1. The second-order valence-electron chi connectivity index (χ2n) is 2.99. The van der Waals surface area contributed by atoms with Crippen molar-refractivity contribution in [2.45, 2.75) is 13.8 Å². The Morgan fingerprint density at radius 1 is 1.50 bits per heavy atom. The maximum atomic E-state index is 4.38. The van der Waals surface area contributed by atoms with E-state index in [1.54, 1.807) is 17.6 Å². The molecule has 0 atom stereocenters. The van der Waals surface area contributed by atoms with Gasteiger partial charge in [0.1, 0.15) is 0 Å². The zero-order valence-corrected chi connectivity index (χ0v) is 8.93. The fourth-order valence-corrected chi connectivity index (χ4v) is 2.11. The maximum Gasteiger partial charge on any atom is 0.204 e. The predicted molar refractivity (Wildman–Crippen MR) is 62.1 cm³/mol. The number of hydrogen-bond donors (Lipinski definition) is 1. The second kappa shape index (κ2) is 3.75. The molecule has 1 heterocycles. The Labute approximate surface area is 86.5 Å². The molecule has 4 heteroatoms. The second-order valence-corrected chi connectivity index (χ2v) is 4.02. The maximum absolute atomic E-state index is 4.38. The zero-order valence-electron chi connectivity index (χ0n) is 8.11. The third-order valence-corrected chi connectivity index (χ3v) is 2.76. The average molecular weight is 205 g/mol. The van der Waals surface area contributed by atoms with E-state index >= 15 is 0 Å². The number of anilines is 1.